The Bertz CT molecular complexity index is 1470. The number of rotatable bonds is 17. The number of methoxy groups -OCH3 is 2. The van der Waals surface area contributed by atoms with E-state index in [0.717, 1.165) is 29.7 Å². The van der Waals surface area contributed by atoms with Crippen LogP contribution in [0.3, 0.4) is 0 Å². The number of amides is 2. The number of carbonyl (C=O) groups excluding carboxylic acids is 3. The smallest absolute Gasteiger partial charge is 0.341 e. The lowest BCUT2D eigenvalue weighted by atomic mass is 9.95. The quantitative estimate of drug-likeness (QED) is 0.0997. The van der Waals surface area contributed by atoms with Crippen molar-refractivity contribution in [2.24, 2.45) is 5.73 Å². The summed E-state index contributed by atoms with van der Waals surface area (Å²) in [6.07, 6.45) is 1.83. The first-order chi connectivity index (χ1) is 21.7. The topological polar surface area (TPSA) is 132 Å². The summed E-state index contributed by atoms with van der Waals surface area (Å²) in [5, 5.41) is 6.41. The Morgan fingerprint density at radius 2 is 1.67 bits per heavy atom. The van der Waals surface area contributed by atoms with Crippen molar-refractivity contribution < 1.29 is 28.6 Å². The molecule has 3 aromatic rings. The van der Waals surface area contributed by atoms with Crippen LogP contribution in [0.5, 0.6) is 11.5 Å². The van der Waals surface area contributed by atoms with Gasteiger partial charge in [-0.3, -0.25) is 14.9 Å². The van der Waals surface area contributed by atoms with Gasteiger partial charge in [0.2, 0.25) is 5.91 Å². The van der Waals surface area contributed by atoms with E-state index in [1.54, 1.807) is 42.3 Å². The molecule has 0 aliphatic carbocycles. The first-order valence-corrected chi connectivity index (χ1v) is 15.1. The molecule has 1 atom stereocenters. The van der Waals surface area contributed by atoms with Gasteiger partial charge in [0, 0.05) is 19.6 Å². The third kappa shape index (κ3) is 9.21. The summed E-state index contributed by atoms with van der Waals surface area (Å²) >= 11 is 0. The molecule has 1 unspecified atom stereocenters. The highest BCUT2D eigenvalue weighted by molar-refractivity contribution is 6.07. The third-order valence-corrected chi connectivity index (χ3v) is 7.29. The third-order valence-electron chi connectivity index (χ3n) is 7.29. The number of primary amides is 1. The second-order valence-corrected chi connectivity index (χ2v) is 10.7. The second-order valence-electron chi connectivity index (χ2n) is 10.7. The van der Waals surface area contributed by atoms with Crippen molar-refractivity contribution in [2.75, 3.05) is 39.4 Å². The summed E-state index contributed by atoms with van der Waals surface area (Å²) < 4.78 is 16.5. The fourth-order valence-corrected chi connectivity index (χ4v) is 5.10. The van der Waals surface area contributed by atoms with Crippen LogP contribution in [0.15, 0.2) is 54.6 Å². The first-order valence-electron chi connectivity index (χ1n) is 15.1. The lowest BCUT2D eigenvalue weighted by Gasteiger charge is -2.25. The van der Waals surface area contributed by atoms with Crippen molar-refractivity contribution in [2.45, 2.75) is 52.5 Å². The average Bonchev–Trinajstić information content (AvgIpc) is 3.03. The predicted octanol–water partition coefficient (Wildman–Crippen LogP) is 5.72. The molecule has 3 aromatic carbocycles. The van der Waals surface area contributed by atoms with Gasteiger partial charge in [-0.1, -0.05) is 39.0 Å². The van der Waals surface area contributed by atoms with Gasteiger partial charge in [-0.15, -0.1) is 0 Å². The van der Waals surface area contributed by atoms with Gasteiger partial charge in [0.25, 0.3) is 5.91 Å². The van der Waals surface area contributed by atoms with Gasteiger partial charge in [-0.25, -0.2) is 4.79 Å². The maximum Gasteiger partial charge on any atom is 0.341 e. The number of nitrogens with zero attached hydrogens (tertiary/aromatic N) is 1. The number of hydrogen-bond donors (Lipinski definition) is 3. The molecular weight excluding hydrogens is 572 g/mol. The second kappa shape index (κ2) is 17.1. The molecule has 3 rings (SSSR count). The van der Waals surface area contributed by atoms with E-state index < -0.39 is 17.8 Å². The minimum absolute atomic E-state index is 0.0624. The molecule has 0 heterocycles. The number of nitrogens with one attached hydrogen (secondary N) is 2. The highest BCUT2D eigenvalue weighted by atomic mass is 16.5. The van der Waals surface area contributed by atoms with Crippen LogP contribution < -0.4 is 25.8 Å². The van der Waals surface area contributed by atoms with E-state index in [1.165, 1.54) is 7.11 Å². The lowest BCUT2D eigenvalue weighted by Crippen LogP contribution is -2.33. The van der Waals surface area contributed by atoms with Crippen LogP contribution >= 0.6 is 0 Å². The molecule has 241 valence electrons. The molecule has 0 aliphatic heterocycles. The largest absolute Gasteiger partial charge is 0.497 e. The molecule has 10 nitrogen and oxygen atoms in total. The number of nitrogens with two attached hydrogens (primary N) is 1. The Labute approximate surface area is 266 Å². The Morgan fingerprint density at radius 3 is 2.29 bits per heavy atom. The van der Waals surface area contributed by atoms with E-state index in [0.29, 0.717) is 42.2 Å². The number of benzene rings is 3. The van der Waals surface area contributed by atoms with Crippen LogP contribution in [0.25, 0.3) is 0 Å². The van der Waals surface area contributed by atoms with Gasteiger partial charge in [0.05, 0.1) is 42.6 Å². The minimum atomic E-state index is -0.625. The van der Waals surface area contributed by atoms with E-state index in [2.05, 4.69) is 17.6 Å². The molecule has 0 fully saturated rings. The number of carbonyl (C=O) groups is 3. The van der Waals surface area contributed by atoms with Gasteiger partial charge >= 0.3 is 5.97 Å². The molecule has 1 radical (unpaired) electrons. The number of esters is 1. The number of anilines is 2. The van der Waals surface area contributed by atoms with Gasteiger partial charge in [0.1, 0.15) is 18.2 Å². The zero-order valence-electron chi connectivity index (χ0n) is 26.9. The van der Waals surface area contributed by atoms with Crippen molar-refractivity contribution in [3.63, 3.8) is 0 Å². The highest BCUT2D eigenvalue weighted by Crippen LogP contribution is 2.36. The summed E-state index contributed by atoms with van der Waals surface area (Å²) in [6, 6.07) is 16.2. The van der Waals surface area contributed by atoms with Crippen molar-refractivity contribution in [3.8, 4) is 11.5 Å². The Morgan fingerprint density at radius 1 is 0.956 bits per heavy atom. The van der Waals surface area contributed by atoms with Crippen LogP contribution in [0.2, 0.25) is 0 Å². The van der Waals surface area contributed by atoms with Crippen LogP contribution in [0.4, 0.5) is 11.4 Å². The maximum atomic E-state index is 14.0. The molecule has 0 aromatic heterocycles. The van der Waals surface area contributed by atoms with E-state index in [9.17, 15) is 14.4 Å². The fourth-order valence-electron chi connectivity index (χ4n) is 5.10. The summed E-state index contributed by atoms with van der Waals surface area (Å²) in [7, 11) is 3.12. The Kier molecular flexibility index (Phi) is 13.2. The van der Waals surface area contributed by atoms with E-state index in [1.807, 2.05) is 45.0 Å². The number of hydrogen-bond acceptors (Lipinski definition) is 8. The Balaban J connectivity index is 2.03. The molecule has 0 bridgehead atoms. The predicted molar refractivity (Wildman–Crippen MR) is 176 cm³/mol. The minimum Gasteiger partial charge on any atom is -0.497 e. The summed E-state index contributed by atoms with van der Waals surface area (Å²) in [5.41, 5.74) is 9.20. The zero-order valence-corrected chi connectivity index (χ0v) is 26.9. The van der Waals surface area contributed by atoms with E-state index in [-0.39, 0.29) is 30.3 Å². The molecule has 0 aliphatic rings. The zero-order chi connectivity index (χ0) is 32.9. The SMILES string of the molecule is [CH2]CC(C(N)=O)c1ccc(OC)c(Nc2c(C(=O)OCNCc3cccc(OC)c3)cc(C)cc2C(=O)N(CCC)CCC)c1. The van der Waals surface area contributed by atoms with Crippen LogP contribution in [0.1, 0.15) is 76.4 Å². The maximum absolute atomic E-state index is 14.0. The normalized spacial score (nSPS) is 11.4. The molecule has 4 N–H and O–H groups in total. The molecule has 45 heavy (non-hydrogen) atoms. The molecule has 0 saturated heterocycles. The lowest BCUT2D eigenvalue weighted by molar-refractivity contribution is -0.119. The van der Waals surface area contributed by atoms with Crippen molar-refractivity contribution in [1.82, 2.24) is 10.2 Å². The van der Waals surface area contributed by atoms with E-state index in [4.69, 9.17) is 19.9 Å². The average molecular weight is 618 g/mol. The van der Waals surface area contributed by atoms with Crippen LogP contribution in [-0.4, -0.2) is 56.7 Å². The van der Waals surface area contributed by atoms with Crippen LogP contribution in [-0.2, 0) is 16.1 Å². The van der Waals surface area contributed by atoms with Crippen molar-refractivity contribution >= 4 is 29.2 Å². The Hall–Kier alpha value is -4.57. The van der Waals surface area contributed by atoms with Crippen molar-refractivity contribution in [3.05, 3.63) is 89.3 Å². The highest BCUT2D eigenvalue weighted by Gasteiger charge is 2.26. The monoisotopic (exact) mass is 617 g/mol. The van der Waals surface area contributed by atoms with E-state index >= 15 is 0 Å². The van der Waals surface area contributed by atoms with Gasteiger partial charge in [-0.2, -0.15) is 0 Å². The summed E-state index contributed by atoms with van der Waals surface area (Å²) in [6.45, 7) is 11.2. The van der Waals surface area contributed by atoms with Gasteiger partial charge in [-0.05, 0) is 79.3 Å². The first kappa shape index (κ1) is 34.9. The summed E-state index contributed by atoms with van der Waals surface area (Å²) in [5.74, 6) is -0.779. The van der Waals surface area contributed by atoms with Gasteiger partial charge < -0.3 is 30.2 Å². The molecule has 2 amide bonds. The molecule has 0 saturated carbocycles. The number of ether oxygens (including phenoxy) is 3. The number of aryl methyl sites for hydroxylation is 1. The fraction of sp³-hybridized carbons (Fsp3) is 0.371. The molecule has 10 heteroatoms. The van der Waals surface area contributed by atoms with Crippen molar-refractivity contribution in [1.29, 1.82) is 0 Å². The van der Waals surface area contributed by atoms with Crippen LogP contribution in [0, 0.1) is 13.8 Å². The molecular formula is C35H45N4O6. The molecule has 0 spiro atoms. The standard InChI is InChI=1S/C35H45N4O6/c1-7-15-39(16-8-2)34(41)28-17-23(4)18-29(35(42)45-22-37-21-24-11-10-12-26(19-24)43-5)32(28)38-30-20-25(13-14-31(30)44-6)27(9-3)33(36)40/h10-14,17-20,27,37-38H,3,7-9,15-16,21-22H2,1-2,4-6H3,(H2,36,40). The van der Waals surface area contributed by atoms with Gasteiger partial charge in [0.15, 0.2) is 0 Å². The summed E-state index contributed by atoms with van der Waals surface area (Å²) in [4.78, 5) is 41.6.